The minimum Gasteiger partial charge on any atom is -0.468 e. The van der Waals surface area contributed by atoms with Gasteiger partial charge >= 0.3 is 5.97 Å². The molecule has 0 saturated carbocycles. The summed E-state index contributed by atoms with van der Waals surface area (Å²) < 4.78 is 7.83. The fourth-order valence-electron chi connectivity index (χ4n) is 2.16. The number of aromatic nitrogens is 2. The van der Waals surface area contributed by atoms with Crippen molar-refractivity contribution in [2.24, 2.45) is 0 Å². The fourth-order valence-corrected chi connectivity index (χ4v) is 2.85. The van der Waals surface area contributed by atoms with Crippen LogP contribution in [0.5, 0.6) is 0 Å². The maximum Gasteiger partial charge on any atom is 0.319 e. The van der Waals surface area contributed by atoms with Crippen molar-refractivity contribution < 1.29 is 9.53 Å². The molecule has 20 heavy (non-hydrogen) atoms. The van der Waals surface area contributed by atoms with Crippen molar-refractivity contribution in [2.75, 3.05) is 20.2 Å². The number of carbonyl (C=O) groups excluding carboxylic acids is 1. The Bertz CT molecular complexity index is 446. The Balaban J connectivity index is 2.92. The molecule has 0 atom stereocenters. The first-order valence-electron chi connectivity index (χ1n) is 7.10. The predicted octanol–water partition coefficient (Wildman–Crippen LogP) is 2.61. The number of ether oxygens (including phenoxy) is 1. The Morgan fingerprint density at radius 1 is 1.40 bits per heavy atom. The summed E-state index contributed by atoms with van der Waals surface area (Å²) in [7, 11) is 1.42. The Morgan fingerprint density at radius 2 is 2.10 bits per heavy atom. The molecular weight excluding hydrogens is 322 g/mol. The van der Waals surface area contributed by atoms with Crippen LogP contribution in [0.4, 0.5) is 0 Å². The van der Waals surface area contributed by atoms with Crippen LogP contribution in [-0.2, 0) is 29.0 Å². The van der Waals surface area contributed by atoms with E-state index in [2.05, 4.69) is 46.7 Å². The van der Waals surface area contributed by atoms with Crippen molar-refractivity contribution in [1.82, 2.24) is 14.7 Å². The van der Waals surface area contributed by atoms with Crippen molar-refractivity contribution in [3.05, 3.63) is 15.9 Å². The number of esters is 1. The van der Waals surface area contributed by atoms with E-state index in [-0.39, 0.29) is 5.97 Å². The third-order valence-corrected chi connectivity index (χ3v) is 4.10. The smallest absolute Gasteiger partial charge is 0.319 e. The van der Waals surface area contributed by atoms with Crippen molar-refractivity contribution in [1.29, 1.82) is 0 Å². The SMILES string of the molecule is CCCN(CC(=O)OC)Cc1c(Br)c(CC)nn1CC. The average Bonchev–Trinajstić information content (AvgIpc) is 2.75. The van der Waals surface area contributed by atoms with Crippen molar-refractivity contribution >= 4 is 21.9 Å². The van der Waals surface area contributed by atoms with Gasteiger partial charge in [0, 0.05) is 13.1 Å². The number of halogens is 1. The van der Waals surface area contributed by atoms with Gasteiger partial charge in [-0.2, -0.15) is 5.10 Å². The van der Waals surface area contributed by atoms with Gasteiger partial charge in [0.25, 0.3) is 0 Å². The van der Waals surface area contributed by atoms with Crippen molar-refractivity contribution in [3.63, 3.8) is 0 Å². The summed E-state index contributed by atoms with van der Waals surface area (Å²) in [5.41, 5.74) is 2.19. The van der Waals surface area contributed by atoms with Gasteiger partial charge in [0.05, 0.1) is 29.5 Å². The van der Waals surface area contributed by atoms with E-state index >= 15 is 0 Å². The van der Waals surface area contributed by atoms with Crippen LogP contribution in [0.25, 0.3) is 0 Å². The van der Waals surface area contributed by atoms with E-state index in [0.717, 1.165) is 41.8 Å². The van der Waals surface area contributed by atoms with E-state index in [4.69, 9.17) is 4.74 Å². The van der Waals surface area contributed by atoms with Crippen LogP contribution in [0.1, 0.15) is 38.6 Å². The lowest BCUT2D eigenvalue weighted by atomic mass is 10.2. The van der Waals surface area contributed by atoms with Crippen LogP contribution >= 0.6 is 15.9 Å². The van der Waals surface area contributed by atoms with Crippen LogP contribution in [0.15, 0.2) is 4.47 Å². The van der Waals surface area contributed by atoms with E-state index in [1.807, 2.05) is 4.68 Å². The first kappa shape index (κ1) is 17.2. The van der Waals surface area contributed by atoms with Gasteiger partial charge in [0.2, 0.25) is 0 Å². The molecule has 1 aromatic rings. The highest BCUT2D eigenvalue weighted by Crippen LogP contribution is 2.23. The summed E-state index contributed by atoms with van der Waals surface area (Å²) in [6, 6.07) is 0. The molecule has 0 unspecified atom stereocenters. The molecule has 5 nitrogen and oxygen atoms in total. The third-order valence-electron chi connectivity index (χ3n) is 3.19. The first-order valence-corrected chi connectivity index (χ1v) is 7.89. The quantitative estimate of drug-likeness (QED) is 0.679. The van der Waals surface area contributed by atoms with E-state index in [9.17, 15) is 4.79 Å². The molecule has 0 aliphatic heterocycles. The van der Waals surface area contributed by atoms with Crippen LogP contribution in [-0.4, -0.2) is 40.8 Å². The highest BCUT2D eigenvalue weighted by Gasteiger charge is 2.18. The zero-order chi connectivity index (χ0) is 15.1. The normalized spacial score (nSPS) is 11.1. The van der Waals surface area contributed by atoms with Crippen LogP contribution in [0.2, 0.25) is 0 Å². The number of hydrogen-bond acceptors (Lipinski definition) is 4. The number of carbonyl (C=O) groups is 1. The molecule has 0 saturated heterocycles. The second kappa shape index (κ2) is 8.42. The number of aryl methyl sites for hydroxylation is 2. The molecule has 1 heterocycles. The number of hydrogen-bond donors (Lipinski definition) is 0. The molecule has 0 amide bonds. The summed E-state index contributed by atoms with van der Waals surface area (Å²) in [5, 5.41) is 4.59. The molecule has 0 aromatic carbocycles. The highest BCUT2D eigenvalue weighted by molar-refractivity contribution is 9.10. The molecule has 0 aliphatic rings. The van der Waals surface area contributed by atoms with Gasteiger partial charge < -0.3 is 4.74 Å². The number of nitrogens with zero attached hydrogens (tertiary/aromatic N) is 3. The van der Waals surface area contributed by atoms with Crippen molar-refractivity contribution in [3.8, 4) is 0 Å². The maximum atomic E-state index is 11.5. The maximum absolute atomic E-state index is 11.5. The molecule has 0 aliphatic carbocycles. The monoisotopic (exact) mass is 345 g/mol. The van der Waals surface area contributed by atoms with Gasteiger partial charge in [-0.15, -0.1) is 0 Å². The molecule has 1 aromatic heterocycles. The average molecular weight is 346 g/mol. The Hall–Kier alpha value is -0.880. The fraction of sp³-hybridized carbons (Fsp3) is 0.714. The molecular formula is C14H24BrN3O2. The second-order valence-electron chi connectivity index (χ2n) is 4.66. The third kappa shape index (κ3) is 4.31. The number of methoxy groups -OCH3 is 1. The standard InChI is InChI=1S/C14H24BrN3O2/c1-5-8-17(10-13(19)20-4)9-12-14(15)11(6-2)16-18(12)7-3/h5-10H2,1-4H3. The van der Waals surface area contributed by atoms with Crippen LogP contribution in [0, 0.1) is 0 Å². The summed E-state index contributed by atoms with van der Waals surface area (Å²) in [4.78, 5) is 13.6. The van der Waals surface area contributed by atoms with Crippen molar-refractivity contribution in [2.45, 2.75) is 46.7 Å². The van der Waals surface area contributed by atoms with Gasteiger partial charge in [-0.05, 0) is 42.2 Å². The Morgan fingerprint density at radius 3 is 2.60 bits per heavy atom. The summed E-state index contributed by atoms with van der Waals surface area (Å²) in [6.45, 7) is 8.97. The summed E-state index contributed by atoms with van der Waals surface area (Å²) in [5.74, 6) is -0.201. The summed E-state index contributed by atoms with van der Waals surface area (Å²) in [6.07, 6.45) is 1.89. The molecule has 114 valence electrons. The molecule has 0 N–H and O–H groups in total. The molecule has 0 fully saturated rings. The zero-order valence-corrected chi connectivity index (χ0v) is 14.4. The summed E-state index contributed by atoms with van der Waals surface area (Å²) >= 11 is 3.64. The molecule has 0 spiro atoms. The second-order valence-corrected chi connectivity index (χ2v) is 5.46. The lowest BCUT2D eigenvalue weighted by Gasteiger charge is -2.20. The van der Waals surface area contributed by atoms with Gasteiger partial charge in [-0.3, -0.25) is 14.4 Å². The van der Waals surface area contributed by atoms with Gasteiger partial charge in [-0.1, -0.05) is 13.8 Å². The predicted molar refractivity (Wildman–Crippen MR) is 82.6 cm³/mol. The lowest BCUT2D eigenvalue weighted by Crippen LogP contribution is -2.31. The highest BCUT2D eigenvalue weighted by atomic mass is 79.9. The van der Waals surface area contributed by atoms with Gasteiger partial charge in [0.15, 0.2) is 0 Å². The topological polar surface area (TPSA) is 47.4 Å². The molecule has 0 radical (unpaired) electrons. The minimum absolute atomic E-state index is 0.201. The lowest BCUT2D eigenvalue weighted by molar-refractivity contribution is -0.142. The van der Waals surface area contributed by atoms with E-state index in [1.165, 1.54) is 7.11 Å². The number of rotatable bonds is 8. The van der Waals surface area contributed by atoms with E-state index < -0.39 is 0 Å². The van der Waals surface area contributed by atoms with Gasteiger partial charge in [0.1, 0.15) is 0 Å². The molecule has 6 heteroatoms. The Kier molecular flexibility index (Phi) is 7.23. The first-order chi connectivity index (χ1) is 9.57. The molecule has 1 rings (SSSR count). The largest absolute Gasteiger partial charge is 0.468 e. The van der Waals surface area contributed by atoms with E-state index in [0.29, 0.717) is 13.1 Å². The van der Waals surface area contributed by atoms with Crippen LogP contribution in [0.3, 0.4) is 0 Å². The van der Waals surface area contributed by atoms with E-state index in [1.54, 1.807) is 0 Å². The zero-order valence-electron chi connectivity index (χ0n) is 12.8. The van der Waals surface area contributed by atoms with Gasteiger partial charge in [-0.25, -0.2) is 0 Å². The Labute approximate surface area is 129 Å². The molecule has 0 bridgehead atoms. The minimum atomic E-state index is -0.201. The van der Waals surface area contributed by atoms with Crippen LogP contribution < -0.4 is 0 Å².